The Morgan fingerprint density at radius 3 is 2.33 bits per heavy atom. The van der Waals surface area contributed by atoms with E-state index in [9.17, 15) is 14.9 Å². The fourth-order valence-corrected chi connectivity index (χ4v) is 3.00. The van der Waals surface area contributed by atoms with Gasteiger partial charge in [0.2, 0.25) is 0 Å². The van der Waals surface area contributed by atoms with Crippen molar-refractivity contribution in [3.8, 4) is 0 Å². The third kappa shape index (κ3) is 5.62. The summed E-state index contributed by atoms with van der Waals surface area (Å²) in [6.07, 6.45) is -0.598. The number of hydrogen-bond donors (Lipinski definition) is 3. The lowest BCUT2D eigenvalue weighted by atomic mass is 10.1. The van der Waals surface area contributed by atoms with Crippen LogP contribution in [0.1, 0.15) is 27.7 Å². The second kappa shape index (κ2) is 9.62. The molecule has 3 aromatic rings. The van der Waals surface area contributed by atoms with Crippen LogP contribution in [0.25, 0.3) is 0 Å². The number of hydrogen-bond acceptors (Lipinski definition) is 4. The molecule has 0 fully saturated rings. The lowest BCUT2D eigenvalue weighted by Gasteiger charge is -2.23. The Kier molecular flexibility index (Phi) is 6.71. The number of nitrogens with one attached hydrogen (secondary N) is 3. The number of aryl methyl sites for hydroxylation is 1. The van der Waals surface area contributed by atoms with E-state index < -0.39 is 11.1 Å². The number of nitro groups is 1. The Hall–Kier alpha value is -3.78. The van der Waals surface area contributed by atoms with Crippen molar-refractivity contribution in [1.29, 1.82) is 0 Å². The highest BCUT2D eigenvalue weighted by molar-refractivity contribution is 7.80. The lowest BCUT2D eigenvalue weighted by Crippen LogP contribution is -2.42. The van der Waals surface area contributed by atoms with Gasteiger partial charge in [-0.15, -0.1) is 0 Å². The minimum absolute atomic E-state index is 0.0462. The molecule has 8 heteroatoms. The maximum atomic E-state index is 12.7. The van der Waals surface area contributed by atoms with Crippen LogP contribution in [-0.4, -0.2) is 15.9 Å². The Balaban J connectivity index is 1.75. The zero-order valence-electron chi connectivity index (χ0n) is 16.2. The predicted octanol–water partition coefficient (Wildman–Crippen LogP) is 4.32. The smallest absolute Gasteiger partial charge is 0.271 e. The number of thiocarbonyl (C=S) groups is 1. The van der Waals surface area contributed by atoms with Gasteiger partial charge in [-0.3, -0.25) is 14.9 Å². The average molecular weight is 420 g/mol. The van der Waals surface area contributed by atoms with E-state index >= 15 is 0 Å². The Bertz CT molecular complexity index is 1060. The molecule has 7 nitrogen and oxygen atoms in total. The van der Waals surface area contributed by atoms with E-state index in [1.165, 1.54) is 12.1 Å². The second-order valence-electron chi connectivity index (χ2n) is 6.59. The van der Waals surface area contributed by atoms with Crippen molar-refractivity contribution in [2.75, 3.05) is 5.32 Å². The molecule has 0 spiro atoms. The van der Waals surface area contributed by atoms with Gasteiger partial charge in [-0.2, -0.15) is 0 Å². The van der Waals surface area contributed by atoms with Crippen molar-refractivity contribution in [3.05, 3.63) is 106 Å². The van der Waals surface area contributed by atoms with Crippen LogP contribution in [0, 0.1) is 17.0 Å². The first-order valence-electron chi connectivity index (χ1n) is 9.17. The molecule has 1 unspecified atom stereocenters. The first kappa shape index (κ1) is 20.9. The zero-order valence-corrected chi connectivity index (χ0v) is 17.0. The molecule has 0 aromatic heterocycles. The third-order valence-electron chi connectivity index (χ3n) is 4.31. The Morgan fingerprint density at radius 2 is 1.67 bits per heavy atom. The molecule has 0 aliphatic heterocycles. The number of nitrogens with zero attached hydrogens (tertiary/aromatic N) is 1. The van der Waals surface area contributed by atoms with Gasteiger partial charge in [-0.05, 0) is 42.9 Å². The summed E-state index contributed by atoms with van der Waals surface area (Å²) >= 11 is 5.36. The summed E-state index contributed by atoms with van der Waals surface area (Å²) in [6.45, 7) is 1.95. The number of anilines is 1. The number of carbonyl (C=O) groups is 1. The quantitative estimate of drug-likeness (QED) is 0.238. The van der Waals surface area contributed by atoms with Gasteiger partial charge < -0.3 is 16.0 Å². The number of benzene rings is 3. The van der Waals surface area contributed by atoms with Crippen molar-refractivity contribution in [1.82, 2.24) is 10.6 Å². The maximum absolute atomic E-state index is 12.7. The van der Waals surface area contributed by atoms with E-state index in [1.54, 1.807) is 24.3 Å². The van der Waals surface area contributed by atoms with E-state index in [-0.39, 0.29) is 16.7 Å². The SMILES string of the molecule is Cc1ccc(C(=O)NC(NC(=S)Nc2cccc([N+](=O)[O-])c2)c2ccccc2)cc1. The number of carbonyl (C=O) groups excluding carboxylic acids is 1. The van der Waals surface area contributed by atoms with Gasteiger partial charge in [0.25, 0.3) is 11.6 Å². The molecule has 3 N–H and O–H groups in total. The molecule has 0 bridgehead atoms. The third-order valence-corrected chi connectivity index (χ3v) is 4.53. The Labute approximate surface area is 179 Å². The number of nitro benzene ring substituents is 1. The molecule has 152 valence electrons. The van der Waals surface area contributed by atoms with Gasteiger partial charge in [0, 0.05) is 23.4 Å². The minimum Gasteiger partial charge on any atom is -0.338 e. The van der Waals surface area contributed by atoms with E-state index in [1.807, 2.05) is 49.4 Å². The summed E-state index contributed by atoms with van der Waals surface area (Å²) < 4.78 is 0. The summed E-state index contributed by atoms with van der Waals surface area (Å²) in [6, 6.07) is 22.6. The predicted molar refractivity (Wildman–Crippen MR) is 120 cm³/mol. The molecular weight excluding hydrogens is 400 g/mol. The molecule has 30 heavy (non-hydrogen) atoms. The van der Waals surface area contributed by atoms with E-state index in [0.717, 1.165) is 11.1 Å². The largest absolute Gasteiger partial charge is 0.338 e. The summed E-state index contributed by atoms with van der Waals surface area (Å²) in [4.78, 5) is 23.2. The van der Waals surface area contributed by atoms with Crippen LogP contribution in [0.15, 0.2) is 78.9 Å². The summed E-state index contributed by atoms with van der Waals surface area (Å²) in [5, 5.41) is 20.1. The number of non-ortho nitro benzene ring substituents is 1. The highest BCUT2D eigenvalue weighted by Crippen LogP contribution is 2.18. The summed E-state index contributed by atoms with van der Waals surface area (Å²) in [7, 11) is 0. The van der Waals surface area contributed by atoms with E-state index in [0.29, 0.717) is 11.3 Å². The molecule has 0 aliphatic rings. The molecule has 1 amide bonds. The van der Waals surface area contributed by atoms with Crippen molar-refractivity contribution in [3.63, 3.8) is 0 Å². The molecule has 0 radical (unpaired) electrons. The van der Waals surface area contributed by atoms with E-state index in [2.05, 4.69) is 16.0 Å². The number of amides is 1. The average Bonchev–Trinajstić information content (AvgIpc) is 2.74. The van der Waals surface area contributed by atoms with E-state index in [4.69, 9.17) is 12.2 Å². The van der Waals surface area contributed by atoms with Gasteiger partial charge in [0.15, 0.2) is 5.11 Å². The molecule has 3 aromatic carbocycles. The van der Waals surface area contributed by atoms with Crippen LogP contribution in [-0.2, 0) is 0 Å². The molecule has 0 saturated heterocycles. The van der Waals surface area contributed by atoms with Gasteiger partial charge in [-0.1, -0.05) is 54.1 Å². The fourth-order valence-electron chi connectivity index (χ4n) is 2.76. The standard InChI is InChI=1S/C22H20N4O3S/c1-15-10-12-17(13-11-15)21(27)24-20(16-6-3-2-4-7-16)25-22(30)23-18-8-5-9-19(14-18)26(28)29/h2-14,20H,1H3,(H,24,27)(H2,23,25,30). The monoisotopic (exact) mass is 420 g/mol. The van der Waals surface area contributed by atoms with Gasteiger partial charge in [-0.25, -0.2) is 0 Å². The van der Waals surface area contributed by atoms with Gasteiger partial charge >= 0.3 is 0 Å². The van der Waals surface area contributed by atoms with Crippen LogP contribution < -0.4 is 16.0 Å². The molecule has 1 atom stereocenters. The van der Waals surface area contributed by atoms with Crippen molar-refractivity contribution >= 4 is 34.6 Å². The lowest BCUT2D eigenvalue weighted by molar-refractivity contribution is -0.384. The normalized spacial score (nSPS) is 11.2. The molecule has 0 saturated carbocycles. The second-order valence-corrected chi connectivity index (χ2v) is 7.00. The van der Waals surface area contributed by atoms with Crippen LogP contribution in [0.2, 0.25) is 0 Å². The van der Waals surface area contributed by atoms with Crippen molar-refractivity contribution in [2.45, 2.75) is 13.1 Å². The highest BCUT2D eigenvalue weighted by Gasteiger charge is 2.17. The van der Waals surface area contributed by atoms with Crippen LogP contribution >= 0.6 is 12.2 Å². The highest BCUT2D eigenvalue weighted by atomic mass is 32.1. The topological polar surface area (TPSA) is 96.3 Å². The van der Waals surface area contributed by atoms with Crippen molar-refractivity contribution < 1.29 is 9.72 Å². The fraction of sp³-hybridized carbons (Fsp3) is 0.0909. The minimum atomic E-state index is -0.598. The van der Waals surface area contributed by atoms with Crippen molar-refractivity contribution in [2.24, 2.45) is 0 Å². The van der Waals surface area contributed by atoms with Gasteiger partial charge in [0.1, 0.15) is 6.17 Å². The van der Waals surface area contributed by atoms with Gasteiger partial charge in [0.05, 0.1) is 4.92 Å². The number of rotatable bonds is 6. The molecule has 3 rings (SSSR count). The molecule has 0 aliphatic carbocycles. The summed E-state index contributed by atoms with van der Waals surface area (Å²) in [5.74, 6) is -0.255. The van der Waals surface area contributed by atoms with Crippen LogP contribution in [0.3, 0.4) is 0 Å². The summed E-state index contributed by atoms with van der Waals surface area (Å²) in [5.41, 5.74) is 2.82. The first-order valence-corrected chi connectivity index (χ1v) is 9.57. The first-order chi connectivity index (χ1) is 14.4. The van der Waals surface area contributed by atoms with Crippen LogP contribution in [0.5, 0.6) is 0 Å². The molecule has 0 heterocycles. The Morgan fingerprint density at radius 1 is 0.967 bits per heavy atom. The van der Waals surface area contributed by atoms with Crippen LogP contribution in [0.4, 0.5) is 11.4 Å². The zero-order chi connectivity index (χ0) is 21.5. The maximum Gasteiger partial charge on any atom is 0.271 e. The molecular formula is C22H20N4O3S.